The van der Waals surface area contributed by atoms with Crippen molar-refractivity contribution in [2.45, 2.75) is 12.8 Å². The second-order valence-corrected chi connectivity index (χ2v) is 4.90. The number of ether oxygens (including phenoxy) is 1. The van der Waals surface area contributed by atoms with E-state index in [0.29, 0.717) is 11.3 Å². The van der Waals surface area contributed by atoms with Crippen molar-refractivity contribution >= 4 is 17.7 Å². The highest BCUT2D eigenvalue weighted by atomic mass is 16.5. The number of methoxy groups -OCH3 is 1. The van der Waals surface area contributed by atoms with E-state index < -0.39 is 0 Å². The molecule has 1 aromatic rings. The van der Waals surface area contributed by atoms with Crippen LogP contribution in [0.4, 0.5) is 4.79 Å². The minimum absolute atomic E-state index is 0.0121. The van der Waals surface area contributed by atoms with Crippen molar-refractivity contribution in [3.05, 3.63) is 58.8 Å². The van der Waals surface area contributed by atoms with Gasteiger partial charge in [-0.3, -0.25) is 0 Å². The Morgan fingerprint density at radius 2 is 2.19 bits per heavy atom. The maximum absolute atomic E-state index is 11.8. The second-order valence-electron chi connectivity index (χ2n) is 4.90. The van der Waals surface area contributed by atoms with Crippen LogP contribution in [-0.4, -0.2) is 24.8 Å². The molecule has 0 saturated carbocycles. The summed E-state index contributed by atoms with van der Waals surface area (Å²) in [6.07, 6.45) is 5.72. The normalized spacial score (nSPS) is 19.5. The first-order chi connectivity index (χ1) is 10.1. The first kappa shape index (κ1) is 13.3. The van der Waals surface area contributed by atoms with E-state index in [1.807, 2.05) is 37.3 Å². The first-order valence-electron chi connectivity index (χ1n) is 6.58. The van der Waals surface area contributed by atoms with Gasteiger partial charge in [0.1, 0.15) is 0 Å². The van der Waals surface area contributed by atoms with Gasteiger partial charge in [-0.25, -0.2) is 9.59 Å². The van der Waals surface area contributed by atoms with Crippen LogP contribution in [0.1, 0.15) is 27.4 Å². The van der Waals surface area contributed by atoms with Gasteiger partial charge in [0.05, 0.1) is 24.1 Å². The number of fused-ring (bicyclic) bond motifs is 1. The molecule has 1 unspecified atom stereocenters. The third-order valence-corrected chi connectivity index (χ3v) is 3.69. The summed E-state index contributed by atoms with van der Waals surface area (Å²) >= 11 is 0. The third-order valence-electron chi connectivity index (χ3n) is 3.69. The van der Waals surface area contributed by atoms with Crippen LogP contribution >= 0.6 is 0 Å². The molecule has 2 amide bonds. The standard InChI is InChI=1S/C16H14N2O3/c1-9-11(4-3-5-12(9)15(19)21-2)10-6-7-13-14(8-10)18-16(20)17-13/h3-8,10H,1-2H3,(H,18,20). The van der Waals surface area contributed by atoms with Crippen LogP contribution in [0.15, 0.2) is 47.1 Å². The number of nitrogens with one attached hydrogen (secondary N) is 1. The molecule has 3 rings (SSSR count). The fourth-order valence-corrected chi connectivity index (χ4v) is 2.60. The number of nitrogens with zero attached hydrogens (tertiary/aromatic N) is 1. The molecule has 0 radical (unpaired) electrons. The predicted molar refractivity (Wildman–Crippen MR) is 78.4 cm³/mol. The van der Waals surface area contributed by atoms with Crippen LogP contribution in [0.2, 0.25) is 0 Å². The minimum Gasteiger partial charge on any atom is -0.465 e. The van der Waals surface area contributed by atoms with Crippen molar-refractivity contribution in [2.75, 3.05) is 7.11 Å². The lowest BCUT2D eigenvalue weighted by Crippen LogP contribution is -2.17. The highest BCUT2D eigenvalue weighted by Crippen LogP contribution is 2.29. The van der Waals surface area contributed by atoms with Gasteiger partial charge in [0.2, 0.25) is 0 Å². The fraction of sp³-hybridized carbons (Fsp3) is 0.188. The maximum Gasteiger partial charge on any atom is 0.346 e. The number of carbonyl (C=O) groups excluding carboxylic acids is 2. The predicted octanol–water partition coefficient (Wildman–Crippen LogP) is 2.48. The average Bonchev–Trinajstić information content (AvgIpc) is 2.85. The summed E-state index contributed by atoms with van der Waals surface area (Å²) in [4.78, 5) is 26.9. The summed E-state index contributed by atoms with van der Waals surface area (Å²) < 4.78 is 4.79. The van der Waals surface area contributed by atoms with Crippen molar-refractivity contribution in [1.29, 1.82) is 0 Å². The van der Waals surface area contributed by atoms with Gasteiger partial charge in [-0.15, -0.1) is 0 Å². The summed E-state index contributed by atoms with van der Waals surface area (Å²) in [6.45, 7) is 1.89. The van der Waals surface area contributed by atoms with E-state index in [2.05, 4.69) is 10.3 Å². The molecule has 106 valence electrons. The number of amides is 2. The second kappa shape index (κ2) is 5.01. The van der Waals surface area contributed by atoms with E-state index in [0.717, 1.165) is 16.8 Å². The molecule has 5 heteroatoms. The number of carbonyl (C=O) groups is 2. The highest BCUT2D eigenvalue weighted by Gasteiger charge is 2.24. The largest absolute Gasteiger partial charge is 0.465 e. The van der Waals surface area contributed by atoms with Crippen molar-refractivity contribution in [1.82, 2.24) is 5.32 Å². The number of benzene rings is 1. The Balaban J connectivity index is 2.00. The molecule has 2 aliphatic rings. The summed E-state index contributed by atoms with van der Waals surface area (Å²) in [7, 11) is 1.37. The van der Waals surface area contributed by atoms with Gasteiger partial charge >= 0.3 is 12.0 Å². The van der Waals surface area contributed by atoms with Crippen LogP contribution in [0.5, 0.6) is 0 Å². The summed E-state index contributed by atoms with van der Waals surface area (Å²) in [5.41, 5.74) is 3.80. The third kappa shape index (κ3) is 2.27. The van der Waals surface area contributed by atoms with Gasteiger partial charge in [0, 0.05) is 5.92 Å². The Morgan fingerprint density at radius 1 is 1.38 bits per heavy atom. The molecule has 1 aliphatic carbocycles. The van der Waals surface area contributed by atoms with E-state index in [1.165, 1.54) is 7.11 Å². The average molecular weight is 282 g/mol. The molecule has 1 N–H and O–H groups in total. The van der Waals surface area contributed by atoms with Crippen molar-refractivity contribution in [3.8, 4) is 0 Å². The zero-order chi connectivity index (χ0) is 15.0. The Kier molecular flexibility index (Phi) is 3.17. The fourth-order valence-electron chi connectivity index (χ4n) is 2.60. The van der Waals surface area contributed by atoms with Crippen LogP contribution < -0.4 is 5.32 Å². The Morgan fingerprint density at radius 3 is 2.95 bits per heavy atom. The van der Waals surface area contributed by atoms with Crippen LogP contribution in [0, 0.1) is 6.92 Å². The van der Waals surface area contributed by atoms with E-state index >= 15 is 0 Å². The van der Waals surface area contributed by atoms with Crippen LogP contribution in [-0.2, 0) is 4.74 Å². The molecule has 5 nitrogen and oxygen atoms in total. The molecule has 0 spiro atoms. The summed E-state index contributed by atoms with van der Waals surface area (Å²) in [5.74, 6) is -0.361. The lowest BCUT2D eigenvalue weighted by molar-refractivity contribution is 0.0599. The number of hydrogen-bond donors (Lipinski definition) is 1. The molecule has 0 fully saturated rings. The number of urea groups is 1. The van der Waals surface area contributed by atoms with E-state index in [9.17, 15) is 9.59 Å². The number of rotatable bonds is 2. The molecule has 21 heavy (non-hydrogen) atoms. The molecule has 1 atom stereocenters. The Hall–Kier alpha value is -2.69. The highest BCUT2D eigenvalue weighted by molar-refractivity contribution is 6.19. The molecular formula is C16H14N2O3. The number of aliphatic imine (C=N–C) groups is 1. The van der Waals surface area contributed by atoms with Crippen LogP contribution in [0.3, 0.4) is 0 Å². The molecular weight excluding hydrogens is 268 g/mol. The summed E-state index contributed by atoms with van der Waals surface area (Å²) in [5, 5.41) is 2.70. The number of hydrogen-bond acceptors (Lipinski definition) is 3. The van der Waals surface area contributed by atoms with Gasteiger partial charge in [-0.05, 0) is 36.3 Å². The minimum atomic E-state index is -0.349. The molecule has 1 aliphatic heterocycles. The summed E-state index contributed by atoms with van der Waals surface area (Å²) in [6, 6.07) is 5.20. The lowest BCUT2D eigenvalue weighted by atomic mass is 9.88. The van der Waals surface area contributed by atoms with E-state index in [1.54, 1.807) is 6.07 Å². The van der Waals surface area contributed by atoms with Crippen LogP contribution in [0.25, 0.3) is 0 Å². The molecule has 0 aromatic heterocycles. The Labute approximate surface area is 122 Å². The lowest BCUT2D eigenvalue weighted by Gasteiger charge is -2.18. The Bertz CT molecular complexity index is 729. The van der Waals surface area contributed by atoms with E-state index in [-0.39, 0.29) is 17.9 Å². The molecule has 1 heterocycles. The quantitative estimate of drug-likeness (QED) is 0.847. The SMILES string of the molecule is COC(=O)c1cccc(C2C=CC3=NC(=O)NC3=C2)c1C. The van der Waals surface area contributed by atoms with Crippen molar-refractivity contribution < 1.29 is 14.3 Å². The maximum atomic E-state index is 11.8. The van der Waals surface area contributed by atoms with Crippen molar-refractivity contribution in [3.63, 3.8) is 0 Å². The zero-order valence-electron chi connectivity index (χ0n) is 11.7. The van der Waals surface area contributed by atoms with Crippen molar-refractivity contribution in [2.24, 2.45) is 4.99 Å². The zero-order valence-corrected chi connectivity index (χ0v) is 11.7. The molecule has 1 aromatic carbocycles. The van der Waals surface area contributed by atoms with Gasteiger partial charge in [0.25, 0.3) is 0 Å². The molecule has 0 bridgehead atoms. The monoisotopic (exact) mass is 282 g/mol. The molecule has 0 saturated heterocycles. The number of esters is 1. The van der Waals surface area contributed by atoms with Gasteiger partial charge < -0.3 is 10.1 Å². The smallest absolute Gasteiger partial charge is 0.346 e. The first-order valence-corrected chi connectivity index (χ1v) is 6.58. The van der Waals surface area contributed by atoms with Gasteiger partial charge in [-0.2, -0.15) is 4.99 Å². The topological polar surface area (TPSA) is 67.8 Å². The van der Waals surface area contributed by atoms with E-state index in [4.69, 9.17) is 4.74 Å². The van der Waals surface area contributed by atoms with Gasteiger partial charge in [-0.1, -0.05) is 18.2 Å². The van der Waals surface area contributed by atoms with Gasteiger partial charge in [0.15, 0.2) is 0 Å². The number of allylic oxidation sites excluding steroid dienone is 3.